The Morgan fingerprint density at radius 2 is 1.67 bits per heavy atom. The Bertz CT molecular complexity index is 869. The van der Waals surface area contributed by atoms with E-state index in [0.29, 0.717) is 19.5 Å². The molecule has 2 amide bonds. The lowest BCUT2D eigenvalue weighted by atomic mass is 10.1. The number of hydrogen-bond donors (Lipinski definition) is 1. The maximum atomic E-state index is 14.0. The van der Waals surface area contributed by atoms with E-state index in [-0.39, 0.29) is 17.3 Å². The van der Waals surface area contributed by atoms with Gasteiger partial charge in [-0.15, -0.1) is 0 Å². The Labute approximate surface area is 197 Å². The average Bonchev–Trinajstić information content (AvgIpc) is 2.78. The normalized spacial score (nSPS) is 11.3. The quantitative estimate of drug-likeness (QED) is 0.313. The molecule has 0 aliphatic rings. The lowest BCUT2D eigenvalue weighted by Crippen LogP contribution is -2.37. The van der Waals surface area contributed by atoms with Crippen LogP contribution in [0.4, 0.5) is 19.3 Å². The van der Waals surface area contributed by atoms with Gasteiger partial charge in [0.2, 0.25) is 0 Å². The highest BCUT2D eigenvalue weighted by Crippen LogP contribution is 2.22. The van der Waals surface area contributed by atoms with Crippen LogP contribution in [0.3, 0.4) is 0 Å². The molecule has 6 heteroatoms. The van der Waals surface area contributed by atoms with Gasteiger partial charge < -0.3 is 15.0 Å². The molecule has 0 aliphatic carbocycles. The topological polar surface area (TPSA) is 41.6 Å². The van der Waals surface area contributed by atoms with Gasteiger partial charge in [-0.05, 0) is 62.9 Å². The molecule has 0 saturated carbocycles. The Balaban J connectivity index is 1.99. The van der Waals surface area contributed by atoms with Crippen LogP contribution >= 0.6 is 0 Å². The fourth-order valence-electron chi connectivity index (χ4n) is 3.39. The third kappa shape index (κ3) is 9.40. The van der Waals surface area contributed by atoms with E-state index in [2.05, 4.69) is 33.0 Å². The molecule has 182 valence electrons. The van der Waals surface area contributed by atoms with Gasteiger partial charge in [-0.25, -0.2) is 13.6 Å². The predicted octanol–water partition coefficient (Wildman–Crippen LogP) is 7.58. The maximum Gasteiger partial charge on any atom is 0.321 e. The second-order valence-electron chi connectivity index (χ2n) is 9.06. The minimum absolute atomic E-state index is 0.0163. The number of amides is 2. The molecule has 0 atom stereocenters. The Hall–Kier alpha value is -2.63. The van der Waals surface area contributed by atoms with Crippen LogP contribution < -0.4 is 10.1 Å². The number of hydrogen-bond acceptors (Lipinski definition) is 2. The molecule has 0 aliphatic heterocycles. The molecule has 0 bridgehead atoms. The molecule has 0 spiro atoms. The summed E-state index contributed by atoms with van der Waals surface area (Å²) < 4.78 is 33.2. The molecule has 2 aromatic carbocycles. The van der Waals surface area contributed by atoms with E-state index >= 15 is 0 Å². The monoisotopic (exact) mass is 460 g/mol. The number of nitrogens with one attached hydrogen (secondary N) is 1. The van der Waals surface area contributed by atoms with Crippen LogP contribution in [0.25, 0.3) is 0 Å². The molecule has 0 aromatic heterocycles. The molecule has 0 heterocycles. The summed E-state index contributed by atoms with van der Waals surface area (Å²) in [5.74, 6) is -0.632. The van der Waals surface area contributed by atoms with Crippen LogP contribution in [0.5, 0.6) is 5.75 Å². The molecular weight excluding hydrogens is 422 g/mol. The first-order valence-corrected chi connectivity index (χ1v) is 12.0. The molecule has 2 aromatic rings. The van der Waals surface area contributed by atoms with Crippen molar-refractivity contribution in [1.82, 2.24) is 4.90 Å². The van der Waals surface area contributed by atoms with Crippen LogP contribution in [0, 0.1) is 11.6 Å². The van der Waals surface area contributed by atoms with Crippen LogP contribution in [0.1, 0.15) is 71.8 Å². The van der Waals surface area contributed by atoms with Gasteiger partial charge >= 0.3 is 6.03 Å². The number of urea groups is 1. The Morgan fingerprint density at radius 3 is 2.30 bits per heavy atom. The van der Waals surface area contributed by atoms with E-state index in [0.717, 1.165) is 55.5 Å². The van der Waals surface area contributed by atoms with Crippen molar-refractivity contribution in [2.24, 2.45) is 0 Å². The Morgan fingerprint density at radius 1 is 0.970 bits per heavy atom. The molecule has 4 nitrogen and oxygen atoms in total. The minimum atomic E-state index is -0.781. The van der Waals surface area contributed by atoms with Gasteiger partial charge in [0.05, 0.1) is 5.69 Å². The van der Waals surface area contributed by atoms with Gasteiger partial charge in [0.1, 0.15) is 23.0 Å². The SMILES string of the molecule is CCCCCCCN(CCc1ccc(OC(C)(C)CC)cc1)C(=O)Nc1ccc(F)cc1F. The van der Waals surface area contributed by atoms with E-state index < -0.39 is 11.6 Å². The molecule has 0 fully saturated rings. The molecule has 0 saturated heterocycles. The highest BCUT2D eigenvalue weighted by Gasteiger charge is 2.18. The average molecular weight is 461 g/mol. The van der Waals surface area contributed by atoms with Gasteiger partial charge in [-0.2, -0.15) is 0 Å². The number of carbonyl (C=O) groups is 1. The zero-order valence-corrected chi connectivity index (χ0v) is 20.4. The third-order valence-corrected chi connectivity index (χ3v) is 5.83. The maximum absolute atomic E-state index is 14.0. The summed E-state index contributed by atoms with van der Waals surface area (Å²) in [4.78, 5) is 14.6. The summed E-state index contributed by atoms with van der Waals surface area (Å²) in [6, 6.07) is 10.7. The standard InChI is InChI=1S/C27H38F2N2O2/c1-5-7-8-9-10-18-31(26(32)30-25-16-13-22(28)20-24(25)29)19-17-21-11-14-23(15-12-21)33-27(3,4)6-2/h11-16,20H,5-10,17-19H2,1-4H3,(H,30,32). The number of anilines is 1. The summed E-state index contributed by atoms with van der Waals surface area (Å²) in [5, 5.41) is 2.59. The summed E-state index contributed by atoms with van der Waals surface area (Å²) in [6.07, 6.45) is 6.98. The van der Waals surface area contributed by atoms with Crippen molar-refractivity contribution in [3.05, 3.63) is 59.7 Å². The first-order valence-electron chi connectivity index (χ1n) is 12.0. The van der Waals surface area contributed by atoms with Crippen LogP contribution in [0.2, 0.25) is 0 Å². The van der Waals surface area contributed by atoms with Crippen molar-refractivity contribution in [2.45, 2.75) is 78.2 Å². The van der Waals surface area contributed by atoms with Crippen molar-refractivity contribution in [3.63, 3.8) is 0 Å². The largest absolute Gasteiger partial charge is 0.488 e. The highest BCUT2D eigenvalue weighted by atomic mass is 19.1. The number of unbranched alkanes of at least 4 members (excludes halogenated alkanes) is 4. The third-order valence-electron chi connectivity index (χ3n) is 5.83. The highest BCUT2D eigenvalue weighted by molar-refractivity contribution is 5.89. The van der Waals surface area contributed by atoms with Crippen LogP contribution in [-0.2, 0) is 6.42 Å². The van der Waals surface area contributed by atoms with Gasteiger partial charge in [0.25, 0.3) is 0 Å². The zero-order valence-electron chi connectivity index (χ0n) is 20.4. The predicted molar refractivity (Wildman–Crippen MR) is 131 cm³/mol. The summed E-state index contributed by atoms with van der Waals surface area (Å²) in [7, 11) is 0. The van der Waals surface area contributed by atoms with Gasteiger partial charge in [0.15, 0.2) is 0 Å². The molecule has 0 radical (unpaired) electrons. The lowest BCUT2D eigenvalue weighted by molar-refractivity contribution is 0.105. The van der Waals surface area contributed by atoms with Gasteiger partial charge in [-0.3, -0.25) is 0 Å². The Kier molecular flexibility index (Phi) is 10.6. The van der Waals surface area contributed by atoms with Crippen LogP contribution in [-0.4, -0.2) is 29.6 Å². The molecule has 33 heavy (non-hydrogen) atoms. The molecule has 1 N–H and O–H groups in total. The van der Waals surface area contributed by atoms with Crippen molar-refractivity contribution < 1.29 is 18.3 Å². The minimum Gasteiger partial charge on any atom is -0.488 e. The number of halogens is 2. The smallest absolute Gasteiger partial charge is 0.321 e. The first-order chi connectivity index (χ1) is 15.7. The second kappa shape index (κ2) is 13.2. The number of benzene rings is 2. The van der Waals surface area contributed by atoms with Crippen molar-refractivity contribution in [2.75, 3.05) is 18.4 Å². The van der Waals surface area contributed by atoms with E-state index in [1.165, 1.54) is 12.5 Å². The van der Waals surface area contributed by atoms with Crippen LogP contribution in [0.15, 0.2) is 42.5 Å². The molecular formula is C27H38F2N2O2. The van der Waals surface area contributed by atoms with Gasteiger partial charge in [0, 0.05) is 19.2 Å². The number of ether oxygens (including phenoxy) is 1. The van der Waals surface area contributed by atoms with E-state index in [1.807, 2.05) is 24.3 Å². The zero-order chi connectivity index (χ0) is 24.3. The number of carbonyl (C=O) groups excluding carboxylic acids is 1. The van der Waals surface area contributed by atoms with Crippen molar-refractivity contribution in [3.8, 4) is 5.75 Å². The van der Waals surface area contributed by atoms with E-state index in [9.17, 15) is 13.6 Å². The summed E-state index contributed by atoms with van der Waals surface area (Å²) in [5.41, 5.74) is 0.856. The summed E-state index contributed by atoms with van der Waals surface area (Å²) in [6.45, 7) is 9.46. The summed E-state index contributed by atoms with van der Waals surface area (Å²) >= 11 is 0. The lowest BCUT2D eigenvalue weighted by Gasteiger charge is -2.25. The molecule has 0 unspecified atom stereocenters. The van der Waals surface area contributed by atoms with E-state index in [1.54, 1.807) is 4.90 Å². The molecule has 2 rings (SSSR count). The fourth-order valence-corrected chi connectivity index (χ4v) is 3.39. The number of nitrogens with zero attached hydrogens (tertiary/aromatic N) is 1. The van der Waals surface area contributed by atoms with Crippen molar-refractivity contribution >= 4 is 11.7 Å². The second-order valence-corrected chi connectivity index (χ2v) is 9.06. The number of rotatable bonds is 13. The van der Waals surface area contributed by atoms with Crippen molar-refractivity contribution in [1.29, 1.82) is 0 Å². The fraction of sp³-hybridized carbons (Fsp3) is 0.519. The first kappa shape index (κ1) is 26.6. The van der Waals surface area contributed by atoms with E-state index in [4.69, 9.17) is 4.74 Å². The van der Waals surface area contributed by atoms with Gasteiger partial charge in [-0.1, -0.05) is 51.7 Å².